The summed E-state index contributed by atoms with van der Waals surface area (Å²) in [5.74, 6) is -0.103. The summed E-state index contributed by atoms with van der Waals surface area (Å²) in [6.45, 7) is 4.05. The van der Waals surface area contributed by atoms with E-state index < -0.39 is 0 Å². The molecule has 140 valence electrons. The first-order valence-corrected chi connectivity index (χ1v) is 8.70. The monoisotopic (exact) mass is 371 g/mol. The minimum absolute atomic E-state index is 0. The number of piperidine rings is 1. The third kappa shape index (κ3) is 5.38. The van der Waals surface area contributed by atoms with Crippen LogP contribution in [0.2, 0.25) is 0 Å². The molecular weight excluding hydrogens is 345 g/mol. The van der Waals surface area contributed by atoms with E-state index in [1.165, 1.54) is 18.6 Å². The predicted octanol–water partition coefficient (Wildman–Crippen LogP) is 1.83. The largest absolute Gasteiger partial charge is 0.370 e. The average Bonchev–Trinajstić information content (AvgIpc) is 2.62. The Morgan fingerprint density at radius 3 is 2.76 bits per heavy atom. The minimum atomic E-state index is -0.258. The van der Waals surface area contributed by atoms with E-state index >= 15 is 0 Å². The van der Waals surface area contributed by atoms with Crippen molar-refractivity contribution in [1.82, 2.24) is 15.1 Å². The lowest BCUT2D eigenvalue weighted by Gasteiger charge is -2.36. The molecule has 1 N–H and O–H groups in total. The van der Waals surface area contributed by atoms with Gasteiger partial charge in [-0.2, -0.15) is 0 Å². The summed E-state index contributed by atoms with van der Waals surface area (Å²) in [6.07, 6.45) is 2.13. The van der Waals surface area contributed by atoms with Gasteiger partial charge >= 0.3 is 0 Å². The zero-order valence-corrected chi connectivity index (χ0v) is 15.4. The van der Waals surface area contributed by atoms with Crippen molar-refractivity contribution in [1.29, 1.82) is 0 Å². The Bertz CT molecular complexity index is 558. The summed E-state index contributed by atoms with van der Waals surface area (Å²) in [7, 11) is 1.98. The van der Waals surface area contributed by atoms with Gasteiger partial charge in [0.2, 0.25) is 5.91 Å². The van der Waals surface area contributed by atoms with Crippen LogP contribution in [-0.2, 0) is 9.53 Å². The van der Waals surface area contributed by atoms with Crippen LogP contribution < -0.4 is 5.32 Å². The summed E-state index contributed by atoms with van der Waals surface area (Å²) in [4.78, 5) is 16.7. The smallest absolute Gasteiger partial charge is 0.236 e. The van der Waals surface area contributed by atoms with Gasteiger partial charge in [0, 0.05) is 19.1 Å². The van der Waals surface area contributed by atoms with Crippen molar-refractivity contribution in [2.24, 2.45) is 0 Å². The van der Waals surface area contributed by atoms with Crippen LogP contribution in [0.4, 0.5) is 4.39 Å². The lowest BCUT2D eigenvalue weighted by Crippen LogP contribution is -2.50. The first-order chi connectivity index (χ1) is 11.7. The third-order valence-electron chi connectivity index (χ3n) is 4.93. The molecule has 1 amide bonds. The fourth-order valence-corrected chi connectivity index (χ4v) is 3.48. The van der Waals surface area contributed by atoms with Gasteiger partial charge in [0.15, 0.2) is 0 Å². The highest BCUT2D eigenvalue weighted by Crippen LogP contribution is 2.22. The molecule has 2 atom stereocenters. The van der Waals surface area contributed by atoms with Crippen molar-refractivity contribution in [3.05, 3.63) is 35.6 Å². The van der Waals surface area contributed by atoms with Gasteiger partial charge in [-0.05, 0) is 44.1 Å². The molecule has 5 nitrogen and oxygen atoms in total. The molecule has 0 saturated carbocycles. The number of likely N-dealkylation sites (tertiary alicyclic amines) is 1. The van der Waals surface area contributed by atoms with Crippen molar-refractivity contribution in [3.63, 3.8) is 0 Å². The number of ether oxygens (including phenoxy) is 1. The standard InChI is InChI=1S/C18H26FN3O2.ClH/c1-20-16-3-2-8-21(11-16)13-18(23)22-9-10-24-17(12-22)14-4-6-15(19)7-5-14;/h4-7,16-17,20H,2-3,8-13H2,1H3;1H. The zero-order valence-electron chi connectivity index (χ0n) is 14.6. The van der Waals surface area contributed by atoms with Gasteiger partial charge in [0.25, 0.3) is 0 Å². The first-order valence-electron chi connectivity index (χ1n) is 8.70. The normalized spacial score (nSPS) is 24.6. The second kappa shape index (κ2) is 9.48. The van der Waals surface area contributed by atoms with Crippen molar-refractivity contribution in [3.8, 4) is 0 Å². The van der Waals surface area contributed by atoms with Crippen LogP contribution in [0.15, 0.2) is 24.3 Å². The van der Waals surface area contributed by atoms with Crippen LogP contribution in [0.25, 0.3) is 0 Å². The Kier molecular flexibility index (Phi) is 7.62. The third-order valence-corrected chi connectivity index (χ3v) is 4.93. The van der Waals surface area contributed by atoms with E-state index in [0.717, 1.165) is 25.1 Å². The van der Waals surface area contributed by atoms with Gasteiger partial charge < -0.3 is 15.0 Å². The second-order valence-electron chi connectivity index (χ2n) is 6.61. The van der Waals surface area contributed by atoms with E-state index in [4.69, 9.17) is 4.74 Å². The fourth-order valence-electron chi connectivity index (χ4n) is 3.48. The van der Waals surface area contributed by atoms with Crippen molar-refractivity contribution >= 4 is 18.3 Å². The Morgan fingerprint density at radius 1 is 1.28 bits per heavy atom. The lowest BCUT2D eigenvalue weighted by molar-refractivity contribution is -0.140. The molecule has 2 aliphatic heterocycles. The minimum Gasteiger partial charge on any atom is -0.370 e. The maximum atomic E-state index is 13.1. The molecule has 25 heavy (non-hydrogen) atoms. The number of halogens is 2. The van der Waals surface area contributed by atoms with E-state index in [9.17, 15) is 9.18 Å². The number of morpholine rings is 1. The number of likely N-dealkylation sites (N-methyl/N-ethyl adjacent to an activating group) is 1. The SMILES string of the molecule is CNC1CCCN(CC(=O)N2CCOC(c3ccc(F)cc3)C2)C1.Cl. The molecule has 2 saturated heterocycles. The van der Waals surface area contributed by atoms with Gasteiger partial charge in [0.1, 0.15) is 11.9 Å². The Balaban J connectivity index is 0.00000225. The molecule has 0 radical (unpaired) electrons. The van der Waals surface area contributed by atoms with Gasteiger partial charge in [-0.1, -0.05) is 12.1 Å². The Morgan fingerprint density at radius 2 is 2.04 bits per heavy atom. The summed E-state index contributed by atoms with van der Waals surface area (Å²) < 4.78 is 18.8. The van der Waals surface area contributed by atoms with Crippen LogP contribution in [0.1, 0.15) is 24.5 Å². The molecule has 0 spiro atoms. The van der Waals surface area contributed by atoms with E-state index in [1.54, 1.807) is 12.1 Å². The van der Waals surface area contributed by atoms with Crippen molar-refractivity contribution in [2.45, 2.75) is 25.0 Å². The van der Waals surface area contributed by atoms with Gasteiger partial charge in [-0.3, -0.25) is 9.69 Å². The van der Waals surface area contributed by atoms with E-state index in [-0.39, 0.29) is 30.2 Å². The summed E-state index contributed by atoms with van der Waals surface area (Å²) >= 11 is 0. The Labute approximate surface area is 154 Å². The zero-order chi connectivity index (χ0) is 16.9. The van der Waals surface area contributed by atoms with E-state index in [0.29, 0.717) is 32.3 Å². The number of nitrogens with one attached hydrogen (secondary N) is 1. The molecule has 1 aromatic carbocycles. The number of hydrogen-bond acceptors (Lipinski definition) is 4. The summed E-state index contributed by atoms with van der Waals surface area (Å²) in [6, 6.07) is 6.81. The number of rotatable bonds is 4. The van der Waals surface area contributed by atoms with Crippen LogP contribution >= 0.6 is 12.4 Å². The van der Waals surface area contributed by atoms with Gasteiger partial charge in [-0.15, -0.1) is 12.4 Å². The molecule has 3 rings (SSSR count). The molecular formula is C18H27ClFN3O2. The quantitative estimate of drug-likeness (QED) is 0.877. The molecule has 2 heterocycles. The number of hydrogen-bond donors (Lipinski definition) is 1. The topological polar surface area (TPSA) is 44.8 Å². The number of amides is 1. The van der Waals surface area contributed by atoms with Gasteiger partial charge in [-0.25, -0.2) is 4.39 Å². The number of nitrogens with zero attached hydrogens (tertiary/aromatic N) is 2. The van der Waals surface area contributed by atoms with E-state index in [1.807, 2.05) is 11.9 Å². The van der Waals surface area contributed by atoms with Crippen molar-refractivity contribution in [2.75, 3.05) is 46.4 Å². The first kappa shape index (κ1) is 20.1. The predicted molar refractivity (Wildman–Crippen MR) is 97.4 cm³/mol. The molecule has 2 unspecified atom stereocenters. The molecule has 2 fully saturated rings. The lowest BCUT2D eigenvalue weighted by atomic mass is 10.1. The van der Waals surface area contributed by atoms with Crippen LogP contribution in [0.5, 0.6) is 0 Å². The second-order valence-corrected chi connectivity index (χ2v) is 6.61. The molecule has 1 aromatic rings. The molecule has 0 bridgehead atoms. The maximum Gasteiger partial charge on any atom is 0.236 e. The maximum absolute atomic E-state index is 13.1. The highest BCUT2D eigenvalue weighted by molar-refractivity contribution is 5.85. The average molecular weight is 372 g/mol. The van der Waals surface area contributed by atoms with Crippen LogP contribution in [0.3, 0.4) is 0 Å². The van der Waals surface area contributed by atoms with Crippen LogP contribution in [0, 0.1) is 5.82 Å². The number of carbonyl (C=O) groups excluding carboxylic acids is 1. The van der Waals surface area contributed by atoms with Crippen molar-refractivity contribution < 1.29 is 13.9 Å². The van der Waals surface area contributed by atoms with Crippen LogP contribution in [-0.4, -0.2) is 68.1 Å². The molecule has 7 heteroatoms. The molecule has 2 aliphatic rings. The summed E-state index contributed by atoms with van der Waals surface area (Å²) in [5.41, 5.74) is 0.919. The highest BCUT2D eigenvalue weighted by Gasteiger charge is 2.27. The van der Waals surface area contributed by atoms with E-state index in [2.05, 4.69) is 10.2 Å². The molecule has 0 aliphatic carbocycles. The molecule has 0 aromatic heterocycles. The highest BCUT2D eigenvalue weighted by atomic mass is 35.5. The van der Waals surface area contributed by atoms with Gasteiger partial charge in [0.05, 0.1) is 19.7 Å². The number of benzene rings is 1. The Hall–Kier alpha value is -1.21. The number of carbonyl (C=O) groups is 1. The summed E-state index contributed by atoms with van der Waals surface area (Å²) in [5, 5.41) is 3.30. The fraction of sp³-hybridized carbons (Fsp3) is 0.611.